The molecule has 2 nitrogen and oxygen atoms in total. The zero-order valence-corrected chi connectivity index (χ0v) is 11.5. The maximum Gasteiger partial charge on any atom is 0.0611 e. The molecule has 3 heteroatoms. The SMILES string of the molecule is Cc1ccccc1NC1(CN)CCCSC1C. The molecule has 1 heterocycles. The number of hydrogen-bond acceptors (Lipinski definition) is 3. The molecule has 0 amide bonds. The minimum Gasteiger partial charge on any atom is -0.377 e. The van der Waals surface area contributed by atoms with Gasteiger partial charge in [-0.15, -0.1) is 0 Å². The van der Waals surface area contributed by atoms with E-state index in [0.29, 0.717) is 11.8 Å². The van der Waals surface area contributed by atoms with Crippen molar-refractivity contribution in [3.63, 3.8) is 0 Å². The van der Waals surface area contributed by atoms with Crippen LogP contribution in [0.15, 0.2) is 24.3 Å². The van der Waals surface area contributed by atoms with Crippen molar-refractivity contribution in [2.75, 3.05) is 17.6 Å². The number of anilines is 1. The lowest BCUT2D eigenvalue weighted by atomic mass is 9.89. The Morgan fingerprint density at radius 3 is 2.88 bits per heavy atom. The average molecular weight is 250 g/mol. The van der Waals surface area contributed by atoms with Gasteiger partial charge in [-0.25, -0.2) is 0 Å². The number of hydrogen-bond donors (Lipinski definition) is 2. The minimum absolute atomic E-state index is 0.0645. The number of aryl methyl sites for hydroxylation is 1. The van der Waals surface area contributed by atoms with Crippen molar-refractivity contribution in [3.8, 4) is 0 Å². The summed E-state index contributed by atoms with van der Waals surface area (Å²) in [6.45, 7) is 5.14. The molecule has 3 N–H and O–H groups in total. The van der Waals surface area contributed by atoms with Crippen LogP contribution in [0.2, 0.25) is 0 Å². The van der Waals surface area contributed by atoms with Crippen LogP contribution in [0.3, 0.4) is 0 Å². The predicted molar refractivity (Wildman–Crippen MR) is 77.7 cm³/mol. The highest BCUT2D eigenvalue weighted by molar-refractivity contribution is 8.00. The number of rotatable bonds is 3. The van der Waals surface area contributed by atoms with Crippen molar-refractivity contribution in [2.45, 2.75) is 37.5 Å². The van der Waals surface area contributed by atoms with Gasteiger partial charge in [0.2, 0.25) is 0 Å². The van der Waals surface area contributed by atoms with Crippen molar-refractivity contribution in [1.29, 1.82) is 0 Å². The smallest absolute Gasteiger partial charge is 0.0611 e. The van der Waals surface area contributed by atoms with Gasteiger partial charge in [-0.1, -0.05) is 25.1 Å². The molecule has 2 unspecified atom stereocenters. The molecule has 94 valence electrons. The fourth-order valence-corrected chi connectivity index (χ4v) is 3.73. The van der Waals surface area contributed by atoms with E-state index < -0.39 is 0 Å². The minimum atomic E-state index is 0.0645. The topological polar surface area (TPSA) is 38.0 Å². The molecule has 1 aromatic carbocycles. The quantitative estimate of drug-likeness (QED) is 0.866. The molecular formula is C14H22N2S. The molecule has 1 aliphatic heterocycles. The monoisotopic (exact) mass is 250 g/mol. The van der Waals surface area contributed by atoms with Crippen LogP contribution >= 0.6 is 11.8 Å². The molecule has 2 rings (SSSR count). The van der Waals surface area contributed by atoms with Crippen LogP contribution in [0.25, 0.3) is 0 Å². The van der Waals surface area contributed by atoms with Crippen LogP contribution in [-0.4, -0.2) is 23.1 Å². The van der Waals surface area contributed by atoms with Crippen LogP contribution in [0.4, 0.5) is 5.69 Å². The van der Waals surface area contributed by atoms with Gasteiger partial charge in [0.25, 0.3) is 0 Å². The third-order valence-electron chi connectivity index (χ3n) is 3.81. The Morgan fingerprint density at radius 1 is 1.47 bits per heavy atom. The molecule has 2 atom stereocenters. The second kappa shape index (κ2) is 5.32. The van der Waals surface area contributed by atoms with Gasteiger partial charge in [0.05, 0.1) is 5.54 Å². The summed E-state index contributed by atoms with van der Waals surface area (Å²) in [4.78, 5) is 0. The van der Waals surface area contributed by atoms with Gasteiger partial charge < -0.3 is 11.1 Å². The van der Waals surface area contributed by atoms with Gasteiger partial charge in [0, 0.05) is 17.5 Å². The van der Waals surface area contributed by atoms with Gasteiger partial charge in [0.1, 0.15) is 0 Å². The summed E-state index contributed by atoms with van der Waals surface area (Å²) >= 11 is 2.03. The molecule has 0 bridgehead atoms. The van der Waals surface area contributed by atoms with E-state index in [-0.39, 0.29) is 5.54 Å². The number of nitrogens with one attached hydrogen (secondary N) is 1. The second-order valence-corrected chi connectivity index (χ2v) is 6.37. The average Bonchev–Trinajstić information content (AvgIpc) is 2.35. The van der Waals surface area contributed by atoms with Crippen molar-refractivity contribution in [3.05, 3.63) is 29.8 Å². The van der Waals surface area contributed by atoms with Crippen molar-refractivity contribution >= 4 is 17.4 Å². The highest BCUT2D eigenvalue weighted by Crippen LogP contribution is 2.36. The third-order valence-corrected chi connectivity index (χ3v) is 5.28. The highest BCUT2D eigenvalue weighted by atomic mass is 32.2. The van der Waals surface area contributed by atoms with E-state index >= 15 is 0 Å². The largest absolute Gasteiger partial charge is 0.377 e. The summed E-state index contributed by atoms with van der Waals surface area (Å²) in [5.74, 6) is 1.26. The maximum absolute atomic E-state index is 6.05. The number of thioether (sulfide) groups is 1. The van der Waals surface area contributed by atoms with Gasteiger partial charge in [-0.05, 0) is 37.1 Å². The van der Waals surface area contributed by atoms with Gasteiger partial charge in [-0.3, -0.25) is 0 Å². The summed E-state index contributed by atoms with van der Waals surface area (Å²) in [7, 11) is 0. The Morgan fingerprint density at radius 2 is 2.24 bits per heavy atom. The molecule has 0 aromatic heterocycles. The fraction of sp³-hybridized carbons (Fsp3) is 0.571. The first-order chi connectivity index (χ1) is 8.18. The van der Waals surface area contributed by atoms with E-state index in [1.807, 2.05) is 11.8 Å². The van der Waals surface area contributed by atoms with Crippen molar-refractivity contribution in [1.82, 2.24) is 0 Å². The third kappa shape index (κ3) is 2.61. The summed E-state index contributed by atoms with van der Waals surface area (Å²) in [6, 6.07) is 8.46. The van der Waals surface area contributed by atoms with E-state index in [9.17, 15) is 0 Å². The molecule has 17 heavy (non-hydrogen) atoms. The summed E-state index contributed by atoms with van der Waals surface area (Å²) in [5, 5.41) is 4.29. The molecular weight excluding hydrogens is 228 g/mol. The van der Waals surface area contributed by atoms with E-state index in [0.717, 1.165) is 0 Å². The predicted octanol–water partition coefficient (Wildman–Crippen LogP) is 3.02. The summed E-state index contributed by atoms with van der Waals surface area (Å²) < 4.78 is 0. The van der Waals surface area contributed by atoms with E-state index in [1.165, 1.54) is 29.8 Å². The zero-order valence-electron chi connectivity index (χ0n) is 10.7. The number of benzene rings is 1. The van der Waals surface area contributed by atoms with Crippen LogP contribution in [0.5, 0.6) is 0 Å². The molecule has 0 radical (unpaired) electrons. The molecule has 1 aliphatic rings. The Balaban J connectivity index is 2.22. The first-order valence-electron chi connectivity index (χ1n) is 6.33. The van der Waals surface area contributed by atoms with E-state index in [4.69, 9.17) is 5.73 Å². The van der Waals surface area contributed by atoms with E-state index in [2.05, 4.69) is 43.4 Å². The highest BCUT2D eigenvalue weighted by Gasteiger charge is 2.37. The maximum atomic E-state index is 6.05. The fourth-order valence-electron chi connectivity index (χ4n) is 2.48. The first-order valence-corrected chi connectivity index (χ1v) is 7.38. The number of para-hydroxylation sites is 1. The Labute approximate surface area is 108 Å². The van der Waals surface area contributed by atoms with Crippen molar-refractivity contribution < 1.29 is 0 Å². The second-order valence-electron chi connectivity index (χ2n) is 4.92. The lowest BCUT2D eigenvalue weighted by Gasteiger charge is -2.43. The zero-order chi connectivity index (χ0) is 12.3. The Hall–Kier alpha value is -0.670. The molecule has 0 saturated carbocycles. The normalized spacial score (nSPS) is 29.0. The van der Waals surface area contributed by atoms with E-state index in [1.54, 1.807) is 0 Å². The standard InChI is InChI=1S/C14H22N2S/c1-11-6-3-4-7-13(11)16-14(10-15)8-5-9-17-12(14)2/h3-4,6-7,12,16H,5,8-10,15H2,1-2H3. The number of nitrogens with two attached hydrogens (primary N) is 1. The first kappa shape index (κ1) is 12.8. The Bertz CT molecular complexity index is 380. The molecule has 0 aliphatic carbocycles. The molecule has 1 fully saturated rings. The van der Waals surface area contributed by atoms with Crippen LogP contribution in [-0.2, 0) is 0 Å². The van der Waals surface area contributed by atoms with Gasteiger partial charge in [0.15, 0.2) is 0 Å². The van der Waals surface area contributed by atoms with Crippen molar-refractivity contribution in [2.24, 2.45) is 5.73 Å². The lowest BCUT2D eigenvalue weighted by molar-refractivity contribution is 0.422. The van der Waals surface area contributed by atoms with Crippen LogP contribution in [0.1, 0.15) is 25.3 Å². The molecule has 0 spiro atoms. The lowest BCUT2D eigenvalue weighted by Crippen LogP contribution is -2.54. The Kier molecular flexibility index (Phi) is 4.00. The molecule has 1 aromatic rings. The summed E-state index contributed by atoms with van der Waals surface area (Å²) in [5.41, 5.74) is 8.64. The van der Waals surface area contributed by atoms with Gasteiger partial charge in [-0.2, -0.15) is 11.8 Å². The summed E-state index contributed by atoms with van der Waals surface area (Å²) in [6.07, 6.45) is 2.43. The molecule has 1 saturated heterocycles. The van der Waals surface area contributed by atoms with Gasteiger partial charge >= 0.3 is 0 Å². The van der Waals surface area contributed by atoms with Crippen LogP contribution in [0, 0.1) is 6.92 Å². The van der Waals surface area contributed by atoms with Crippen LogP contribution < -0.4 is 11.1 Å².